The maximum atomic E-state index is 13.2. The van der Waals surface area contributed by atoms with E-state index in [-0.39, 0.29) is 22.8 Å². The molecule has 0 spiro atoms. The monoisotopic (exact) mass is 286 g/mol. The van der Waals surface area contributed by atoms with Crippen LogP contribution in [0.5, 0.6) is 0 Å². The molecule has 19 heavy (non-hydrogen) atoms. The molecule has 2 N–H and O–H groups in total. The number of carbonyl (C=O) groups is 2. The van der Waals surface area contributed by atoms with Gasteiger partial charge in [-0.05, 0) is 18.2 Å². The van der Waals surface area contributed by atoms with Crippen LogP contribution in [0.1, 0.15) is 6.42 Å². The van der Waals surface area contributed by atoms with Crippen LogP contribution in [0, 0.1) is 5.82 Å². The molecule has 2 rings (SSSR count). The molecule has 0 saturated carbocycles. The number of oxime groups is 1. The first-order chi connectivity index (χ1) is 8.97. The van der Waals surface area contributed by atoms with E-state index < -0.39 is 23.8 Å². The number of nitrogens with one attached hydrogen (secondary N) is 1. The Morgan fingerprint density at radius 3 is 2.84 bits per heavy atom. The number of benzene rings is 1. The largest absolute Gasteiger partial charge is 0.477 e. The molecule has 0 aromatic heterocycles. The van der Waals surface area contributed by atoms with E-state index in [1.807, 2.05) is 0 Å². The molecule has 1 amide bonds. The Morgan fingerprint density at radius 1 is 1.53 bits per heavy atom. The number of carboxylic acids is 1. The highest BCUT2D eigenvalue weighted by Crippen LogP contribution is 2.20. The Hall–Kier alpha value is -2.15. The lowest BCUT2D eigenvalue weighted by Gasteiger charge is -2.09. The van der Waals surface area contributed by atoms with Gasteiger partial charge in [0, 0.05) is 12.1 Å². The van der Waals surface area contributed by atoms with E-state index in [1.54, 1.807) is 0 Å². The molecular weight excluding hydrogens is 279 g/mol. The summed E-state index contributed by atoms with van der Waals surface area (Å²) in [5.74, 6) is -2.52. The van der Waals surface area contributed by atoms with Crippen molar-refractivity contribution < 1.29 is 23.9 Å². The van der Waals surface area contributed by atoms with Crippen LogP contribution < -0.4 is 5.32 Å². The van der Waals surface area contributed by atoms with E-state index in [4.69, 9.17) is 21.5 Å². The van der Waals surface area contributed by atoms with Gasteiger partial charge in [-0.3, -0.25) is 4.79 Å². The molecular formula is C11H8ClFN2O4. The Labute approximate surface area is 111 Å². The van der Waals surface area contributed by atoms with E-state index >= 15 is 0 Å². The van der Waals surface area contributed by atoms with Crippen LogP contribution in [0.4, 0.5) is 10.1 Å². The molecule has 1 aromatic rings. The molecule has 8 heteroatoms. The van der Waals surface area contributed by atoms with Crippen LogP contribution in [0.15, 0.2) is 23.4 Å². The second kappa shape index (κ2) is 5.23. The minimum absolute atomic E-state index is 0.0633. The van der Waals surface area contributed by atoms with E-state index in [1.165, 1.54) is 12.1 Å². The zero-order valence-electron chi connectivity index (χ0n) is 9.39. The van der Waals surface area contributed by atoms with Crippen LogP contribution in [0.25, 0.3) is 0 Å². The number of carboxylic acid groups (broad SMARTS) is 1. The van der Waals surface area contributed by atoms with Gasteiger partial charge >= 0.3 is 5.97 Å². The third kappa shape index (κ3) is 3.00. The van der Waals surface area contributed by atoms with Crippen molar-refractivity contribution >= 4 is 34.9 Å². The lowest BCUT2D eigenvalue weighted by atomic mass is 10.1. The van der Waals surface area contributed by atoms with Crippen LogP contribution in [-0.4, -0.2) is 28.8 Å². The van der Waals surface area contributed by atoms with E-state index in [2.05, 4.69) is 10.5 Å². The van der Waals surface area contributed by atoms with Gasteiger partial charge in [-0.1, -0.05) is 16.8 Å². The molecule has 1 aromatic carbocycles. The van der Waals surface area contributed by atoms with Gasteiger partial charge in [0.15, 0.2) is 5.71 Å². The number of hydrogen-bond acceptors (Lipinski definition) is 4. The highest BCUT2D eigenvalue weighted by Gasteiger charge is 2.31. The molecule has 1 unspecified atom stereocenters. The molecule has 0 saturated heterocycles. The predicted molar refractivity (Wildman–Crippen MR) is 64.6 cm³/mol. The maximum Gasteiger partial charge on any atom is 0.353 e. The summed E-state index contributed by atoms with van der Waals surface area (Å²) in [5, 5.41) is 14.3. The molecule has 1 atom stereocenters. The minimum atomic E-state index is -1.24. The second-order valence-corrected chi connectivity index (χ2v) is 4.17. The van der Waals surface area contributed by atoms with Crippen molar-refractivity contribution in [2.45, 2.75) is 12.5 Å². The summed E-state index contributed by atoms with van der Waals surface area (Å²) in [6, 6.07) is 3.76. The van der Waals surface area contributed by atoms with Gasteiger partial charge in [0.25, 0.3) is 5.91 Å². The first-order valence-corrected chi connectivity index (χ1v) is 5.57. The standard InChI is InChI=1S/C11H8ClFN2O4/c12-6-2-1-5(3-7(6)13)14-10(16)9-4-8(11(17)18)15-19-9/h1-3,9H,4H2,(H,14,16)(H,17,18). The molecule has 0 bridgehead atoms. The van der Waals surface area contributed by atoms with Crippen LogP contribution in [0.3, 0.4) is 0 Å². The fraction of sp³-hybridized carbons (Fsp3) is 0.182. The topological polar surface area (TPSA) is 88.0 Å². The molecule has 100 valence electrons. The number of halogens is 2. The summed E-state index contributed by atoms with van der Waals surface area (Å²) in [7, 11) is 0. The Kier molecular flexibility index (Phi) is 3.66. The van der Waals surface area contributed by atoms with E-state index in [9.17, 15) is 14.0 Å². The van der Waals surface area contributed by atoms with Crippen LogP contribution in [0.2, 0.25) is 5.02 Å². The van der Waals surface area contributed by atoms with E-state index in [0.29, 0.717) is 0 Å². The minimum Gasteiger partial charge on any atom is -0.477 e. The smallest absolute Gasteiger partial charge is 0.353 e. The Morgan fingerprint density at radius 2 is 2.26 bits per heavy atom. The number of aliphatic carboxylic acids is 1. The molecule has 1 heterocycles. The molecule has 1 aliphatic rings. The molecule has 0 aliphatic carbocycles. The first kappa shape index (κ1) is 13.3. The predicted octanol–water partition coefficient (Wildman–Crippen LogP) is 1.65. The van der Waals surface area contributed by atoms with Crippen molar-refractivity contribution in [2.75, 3.05) is 5.32 Å². The molecule has 1 aliphatic heterocycles. The molecule has 0 fully saturated rings. The molecule has 0 radical (unpaired) electrons. The third-order valence-electron chi connectivity index (χ3n) is 2.40. The number of anilines is 1. The summed E-state index contributed by atoms with van der Waals surface area (Å²) in [4.78, 5) is 27.0. The number of carbonyl (C=O) groups excluding carboxylic acids is 1. The first-order valence-electron chi connectivity index (χ1n) is 5.19. The van der Waals surface area contributed by atoms with Crippen molar-refractivity contribution in [3.63, 3.8) is 0 Å². The van der Waals surface area contributed by atoms with Crippen molar-refractivity contribution in [3.05, 3.63) is 29.0 Å². The van der Waals surface area contributed by atoms with Crippen LogP contribution >= 0.6 is 11.6 Å². The zero-order chi connectivity index (χ0) is 14.0. The lowest BCUT2D eigenvalue weighted by Crippen LogP contribution is -2.28. The highest BCUT2D eigenvalue weighted by atomic mass is 35.5. The third-order valence-corrected chi connectivity index (χ3v) is 2.70. The number of hydrogen-bond donors (Lipinski definition) is 2. The number of rotatable bonds is 3. The number of amides is 1. The van der Waals surface area contributed by atoms with Crippen molar-refractivity contribution in [3.8, 4) is 0 Å². The van der Waals surface area contributed by atoms with Crippen molar-refractivity contribution in [1.82, 2.24) is 0 Å². The van der Waals surface area contributed by atoms with Crippen molar-refractivity contribution in [1.29, 1.82) is 0 Å². The van der Waals surface area contributed by atoms with Gasteiger partial charge in [-0.2, -0.15) is 0 Å². The zero-order valence-corrected chi connectivity index (χ0v) is 10.1. The molecule has 6 nitrogen and oxygen atoms in total. The van der Waals surface area contributed by atoms with Gasteiger partial charge in [-0.15, -0.1) is 0 Å². The fourth-order valence-electron chi connectivity index (χ4n) is 1.44. The van der Waals surface area contributed by atoms with Crippen LogP contribution in [-0.2, 0) is 14.4 Å². The summed E-state index contributed by atoms with van der Waals surface area (Å²) >= 11 is 5.50. The summed E-state index contributed by atoms with van der Waals surface area (Å²) in [6.45, 7) is 0. The van der Waals surface area contributed by atoms with Gasteiger partial charge in [0.1, 0.15) is 5.82 Å². The maximum absolute atomic E-state index is 13.2. The van der Waals surface area contributed by atoms with Crippen molar-refractivity contribution in [2.24, 2.45) is 5.16 Å². The van der Waals surface area contributed by atoms with E-state index in [0.717, 1.165) is 6.07 Å². The fourth-order valence-corrected chi connectivity index (χ4v) is 1.56. The summed E-state index contributed by atoms with van der Waals surface area (Å²) < 4.78 is 13.2. The lowest BCUT2D eigenvalue weighted by molar-refractivity contribution is -0.129. The van der Waals surface area contributed by atoms with Gasteiger partial charge < -0.3 is 15.3 Å². The quantitative estimate of drug-likeness (QED) is 0.884. The average molecular weight is 287 g/mol. The Balaban J connectivity index is 1.99. The van der Waals surface area contributed by atoms with Gasteiger partial charge in [0.2, 0.25) is 6.10 Å². The van der Waals surface area contributed by atoms with Gasteiger partial charge in [0.05, 0.1) is 5.02 Å². The average Bonchev–Trinajstić information content (AvgIpc) is 2.83. The second-order valence-electron chi connectivity index (χ2n) is 3.76. The normalized spacial score (nSPS) is 17.6. The summed E-state index contributed by atoms with van der Waals surface area (Å²) in [5.41, 5.74) is -0.0401. The SMILES string of the molecule is O=C(O)C1=NOC(C(=O)Nc2ccc(Cl)c(F)c2)C1. The van der Waals surface area contributed by atoms with Gasteiger partial charge in [-0.25, -0.2) is 9.18 Å². The Bertz CT molecular complexity index is 576. The summed E-state index contributed by atoms with van der Waals surface area (Å²) in [6.07, 6.45) is -1.18. The highest BCUT2D eigenvalue weighted by molar-refractivity contribution is 6.36. The number of nitrogens with zero attached hydrogens (tertiary/aromatic N) is 1.